The van der Waals surface area contributed by atoms with Gasteiger partial charge in [0.1, 0.15) is 6.61 Å². The third-order valence-corrected chi connectivity index (χ3v) is 7.20. The third-order valence-electron chi connectivity index (χ3n) is 7.20. The van der Waals surface area contributed by atoms with Crippen molar-refractivity contribution in [1.82, 2.24) is 10.2 Å². The van der Waals surface area contributed by atoms with E-state index in [0.717, 1.165) is 24.0 Å². The van der Waals surface area contributed by atoms with Crippen LogP contribution in [-0.4, -0.2) is 53.2 Å². The van der Waals surface area contributed by atoms with Crippen LogP contribution in [0.1, 0.15) is 63.0 Å². The van der Waals surface area contributed by atoms with Crippen molar-refractivity contribution >= 4 is 18.0 Å². The number of fused-ring (bicyclic) bond motifs is 3. The molecule has 1 aliphatic carbocycles. The number of alkyl carbamates (subject to hydrolysis) is 1. The van der Waals surface area contributed by atoms with Gasteiger partial charge >= 0.3 is 12.1 Å². The minimum atomic E-state index is -0.896. The van der Waals surface area contributed by atoms with Crippen molar-refractivity contribution in [3.05, 3.63) is 59.7 Å². The molecule has 35 heavy (non-hydrogen) atoms. The highest BCUT2D eigenvalue weighted by atomic mass is 16.5. The number of hydrogen-bond donors (Lipinski definition) is 2. The molecule has 2 aliphatic rings. The van der Waals surface area contributed by atoms with E-state index in [-0.39, 0.29) is 43.2 Å². The van der Waals surface area contributed by atoms with Crippen molar-refractivity contribution in [1.29, 1.82) is 0 Å². The first kappa shape index (κ1) is 24.8. The van der Waals surface area contributed by atoms with Crippen LogP contribution in [0, 0.1) is 5.92 Å². The number of amides is 2. The predicted molar refractivity (Wildman–Crippen MR) is 133 cm³/mol. The Labute approximate surface area is 206 Å². The number of carboxylic acid groups (broad SMARTS) is 1. The van der Waals surface area contributed by atoms with Gasteiger partial charge in [-0.15, -0.1) is 0 Å². The van der Waals surface area contributed by atoms with Crippen LogP contribution in [0.2, 0.25) is 0 Å². The van der Waals surface area contributed by atoms with E-state index in [2.05, 4.69) is 29.6 Å². The van der Waals surface area contributed by atoms with E-state index < -0.39 is 18.1 Å². The number of benzene rings is 2. The second-order valence-corrected chi connectivity index (χ2v) is 9.86. The fourth-order valence-electron chi connectivity index (χ4n) is 5.29. The van der Waals surface area contributed by atoms with Gasteiger partial charge in [-0.1, -0.05) is 62.4 Å². The molecule has 2 atom stereocenters. The summed E-state index contributed by atoms with van der Waals surface area (Å²) in [6, 6.07) is 15.7. The minimum absolute atomic E-state index is 0.0159. The Morgan fingerprint density at radius 2 is 1.66 bits per heavy atom. The first-order valence-electron chi connectivity index (χ1n) is 12.5. The van der Waals surface area contributed by atoms with E-state index in [4.69, 9.17) is 4.74 Å². The second-order valence-electron chi connectivity index (χ2n) is 9.86. The summed E-state index contributed by atoms with van der Waals surface area (Å²) in [6.07, 6.45) is 2.03. The molecule has 1 aliphatic heterocycles. The number of aliphatic carboxylic acids is 1. The van der Waals surface area contributed by atoms with Crippen molar-refractivity contribution < 1.29 is 24.2 Å². The Hall–Kier alpha value is -3.35. The van der Waals surface area contributed by atoms with E-state index in [9.17, 15) is 19.5 Å². The average Bonchev–Trinajstić information content (AvgIpc) is 3.16. The molecule has 186 valence electrons. The molecule has 4 rings (SSSR count). The maximum Gasteiger partial charge on any atom is 0.407 e. The van der Waals surface area contributed by atoms with Gasteiger partial charge < -0.3 is 20.1 Å². The molecule has 1 unspecified atom stereocenters. The number of rotatable bonds is 8. The number of hydrogen-bond acceptors (Lipinski definition) is 4. The summed E-state index contributed by atoms with van der Waals surface area (Å²) >= 11 is 0. The van der Waals surface area contributed by atoms with Gasteiger partial charge in [0.05, 0.1) is 6.42 Å². The highest BCUT2D eigenvalue weighted by Crippen LogP contribution is 2.44. The molecule has 2 aromatic carbocycles. The third kappa shape index (κ3) is 5.66. The summed E-state index contributed by atoms with van der Waals surface area (Å²) in [7, 11) is 0. The topological polar surface area (TPSA) is 95.9 Å². The molecule has 0 radical (unpaired) electrons. The van der Waals surface area contributed by atoms with Gasteiger partial charge in [-0.2, -0.15) is 0 Å². The Kier molecular flexibility index (Phi) is 7.73. The summed E-state index contributed by atoms with van der Waals surface area (Å²) in [5.41, 5.74) is 4.62. The lowest BCUT2D eigenvalue weighted by Gasteiger charge is -2.36. The second kappa shape index (κ2) is 10.9. The molecule has 1 heterocycles. The molecular weight excluding hydrogens is 444 g/mol. The molecule has 2 aromatic rings. The highest BCUT2D eigenvalue weighted by molar-refractivity contribution is 5.80. The fraction of sp³-hybridized carbons (Fsp3) is 0.464. The lowest BCUT2D eigenvalue weighted by atomic mass is 9.96. The maximum atomic E-state index is 13.1. The van der Waals surface area contributed by atoms with Gasteiger partial charge in [0.15, 0.2) is 0 Å². The van der Waals surface area contributed by atoms with Crippen molar-refractivity contribution in [3.63, 3.8) is 0 Å². The number of nitrogens with zero attached hydrogens (tertiary/aromatic N) is 1. The first-order chi connectivity index (χ1) is 16.8. The quantitative estimate of drug-likeness (QED) is 0.568. The molecule has 0 bridgehead atoms. The van der Waals surface area contributed by atoms with Crippen LogP contribution in [0.4, 0.5) is 4.79 Å². The summed E-state index contributed by atoms with van der Waals surface area (Å²) < 4.78 is 5.67. The Bertz CT molecular complexity index is 1040. The molecule has 1 saturated heterocycles. The molecule has 2 N–H and O–H groups in total. The van der Waals surface area contributed by atoms with Crippen LogP contribution in [-0.2, 0) is 14.3 Å². The van der Waals surface area contributed by atoms with Crippen LogP contribution in [0.5, 0.6) is 0 Å². The molecule has 0 saturated carbocycles. The fourth-order valence-corrected chi connectivity index (χ4v) is 5.29. The summed E-state index contributed by atoms with van der Waals surface area (Å²) in [5.74, 6) is -1.03. The molecule has 0 aromatic heterocycles. The number of carbonyl (C=O) groups excluding carboxylic acids is 2. The van der Waals surface area contributed by atoms with Crippen LogP contribution in [0.3, 0.4) is 0 Å². The summed E-state index contributed by atoms with van der Waals surface area (Å²) in [4.78, 5) is 38.8. The molecular formula is C28H34N2O5. The standard InChI is InChI=1S/C28H34N2O5/c1-18(2)25(16-26(31)30-14-8-7-9-19(30)15-27(32)33)29-28(34)35-17-24-22-12-5-3-10-20(22)21-11-4-6-13-23(21)24/h3-6,10-13,18-19,24-25H,7-9,14-17H2,1-2H3,(H,29,34)(H,32,33)/t19-,25?/m0/s1. The van der Waals surface area contributed by atoms with Crippen molar-refractivity contribution in [2.45, 2.75) is 64.0 Å². The van der Waals surface area contributed by atoms with Crippen molar-refractivity contribution in [2.75, 3.05) is 13.2 Å². The molecule has 2 amide bonds. The van der Waals surface area contributed by atoms with Gasteiger partial charge in [-0.25, -0.2) is 4.79 Å². The number of ether oxygens (including phenoxy) is 1. The number of likely N-dealkylation sites (tertiary alicyclic amines) is 1. The van der Waals surface area contributed by atoms with E-state index >= 15 is 0 Å². The van der Waals surface area contributed by atoms with E-state index in [1.807, 2.05) is 38.1 Å². The first-order valence-corrected chi connectivity index (χ1v) is 12.5. The predicted octanol–water partition coefficient (Wildman–Crippen LogP) is 4.80. The van der Waals surface area contributed by atoms with Gasteiger partial charge in [-0.05, 0) is 47.4 Å². The smallest absolute Gasteiger partial charge is 0.407 e. The summed E-state index contributed by atoms with van der Waals surface area (Å²) in [5, 5.41) is 12.1. The van der Waals surface area contributed by atoms with Gasteiger partial charge in [0.25, 0.3) is 0 Å². The number of carbonyl (C=O) groups is 3. The van der Waals surface area contributed by atoms with Crippen LogP contribution in [0.15, 0.2) is 48.5 Å². The molecule has 7 heteroatoms. The average molecular weight is 479 g/mol. The Balaban J connectivity index is 1.37. The molecule has 0 spiro atoms. The highest BCUT2D eigenvalue weighted by Gasteiger charge is 2.32. The molecule has 7 nitrogen and oxygen atoms in total. The zero-order chi connectivity index (χ0) is 24.9. The van der Waals surface area contributed by atoms with E-state index in [1.54, 1.807) is 4.90 Å². The summed E-state index contributed by atoms with van der Waals surface area (Å²) in [6.45, 7) is 4.68. The SMILES string of the molecule is CC(C)C(CC(=O)N1CCCC[C@H]1CC(=O)O)NC(=O)OCC1c2ccccc2-c2ccccc21. The van der Waals surface area contributed by atoms with Crippen LogP contribution < -0.4 is 5.32 Å². The Morgan fingerprint density at radius 3 is 2.26 bits per heavy atom. The monoisotopic (exact) mass is 478 g/mol. The maximum absolute atomic E-state index is 13.1. The van der Waals surface area contributed by atoms with Crippen molar-refractivity contribution in [3.8, 4) is 11.1 Å². The Morgan fingerprint density at radius 1 is 1.03 bits per heavy atom. The lowest BCUT2D eigenvalue weighted by molar-refractivity contribution is -0.142. The molecule has 1 fully saturated rings. The van der Waals surface area contributed by atoms with E-state index in [1.165, 1.54) is 11.1 Å². The normalized spacial score (nSPS) is 18.0. The van der Waals surface area contributed by atoms with Crippen molar-refractivity contribution in [2.24, 2.45) is 5.92 Å². The number of carboxylic acids is 1. The van der Waals surface area contributed by atoms with Crippen LogP contribution >= 0.6 is 0 Å². The van der Waals surface area contributed by atoms with Gasteiger partial charge in [0, 0.05) is 31.0 Å². The zero-order valence-corrected chi connectivity index (χ0v) is 20.4. The van der Waals surface area contributed by atoms with Gasteiger partial charge in [-0.3, -0.25) is 9.59 Å². The van der Waals surface area contributed by atoms with E-state index in [0.29, 0.717) is 13.0 Å². The lowest BCUT2D eigenvalue weighted by Crippen LogP contribution is -2.48. The largest absolute Gasteiger partial charge is 0.481 e. The number of nitrogens with one attached hydrogen (secondary N) is 1. The van der Waals surface area contributed by atoms with Crippen LogP contribution in [0.25, 0.3) is 11.1 Å². The number of piperidine rings is 1. The van der Waals surface area contributed by atoms with Gasteiger partial charge in [0.2, 0.25) is 5.91 Å². The minimum Gasteiger partial charge on any atom is -0.481 e. The zero-order valence-electron chi connectivity index (χ0n) is 20.4.